The summed E-state index contributed by atoms with van der Waals surface area (Å²) in [5, 5.41) is 9.76. The first kappa shape index (κ1) is 12.7. The van der Waals surface area contributed by atoms with Gasteiger partial charge in [0.1, 0.15) is 4.88 Å². The number of thiophene rings is 1. The molecule has 16 heavy (non-hydrogen) atoms. The van der Waals surface area contributed by atoms with E-state index in [1.54, 1.807) is 19.3 Å². The summed E-state index contributed by atoms with van der Waals surface area (Å²) in [6.07, 6.45) is 1.79. The maximum absolute atomic E-state index is 10.8. The standard InChI is InChI=1S/C11H15NO3S/c1-3-6-12(7-8-15-2)10-5-4-9(16-10)11(13)14/h3-5H,1,6-8H2,2H3,(H,13,14). The smallest absolute Gasteiger partial charge is 0.345 e. The van der Waals surface area contributed by atoms with E-state index in [-0.39, 0.29) is 0 Å². The summed E-state index contributed by atoms with van der Waals surface area (Å²) in [5.74, 6) is -0.887. The molecule has 0 amide bonds. The Labute approximate surface area is 98.8 Å². The number of carbonyl (C=O) groups is 1. The van der Waals surface area contributed by atoms with Crippen LogP contribution >= 0.6 is 11.3 Å². The van der Waals surface area contributed by atoms with Crippen LogP contribution in [0.5, 0.6) is 0 Å². The highest BCUT2D eigenvalue weighted by atomic mass is 32.1. The van der Waals surface area contributed by atoms with E-state index in [0.717, 1.165) is 11.5 Å². The lowest BCUT2D eigenvalue weighted by Crippen LogP contribution is -2.26. The van der Waals surface area contributed by atoms with Gasteiger partial charge >= 0.3 is 5.97 Å². The van der Waals surface area contributed by atoms with Crippen LogP contribution in [0, 0.1) is 0 Å². The zero-order valence-corrected chi connectivity index (χ0v) is 10.00. The van der Waals surface area contributed by atoms with Crippen LogP contribution in [0.2, 0.25) is 0 Å². The molecular formula is C11H15NO3S. The lowest BCUT2D eigenvalue weighted by atomic mass is 10.4. The number of carboxylic acids is 1. The van der Waals surface area contributed by atoms with Crippen LogP contribution in [0.25, 0.3) is 0 Å². The van der Waals surface area contributed by atoms with E-state index < -0.39 is 5.97 Å². The monoisotopic (exact) mass is 241 g/mol. The van der Waals surface area contributed by atoms with E-state index in [1.807, 2.05) is 11.0 Å². The molecule has 4 nitrogen and oxygen atoms in total. The van der Waals surface area contributed by atoms with Crippen LogP contribution < -0.4 is 4.90 Å². The third kappa shape index (κ3) is 3.36. The zero-order valence-electron chi connectivity index (χ0n) is 9.18. The Balaban J connectivity index is 2.74. The Hall–Kier alpha value is -1.33. The largest absolute Gasteiger partial charge is 0.477 e. The molecule has 0 bridgehead atoms. The minimum Gasteiger partial charge on any atom is -0.477 e. The van der Waals surface area contributed by atoms with Gasteiger partial charge in [0.25, 0.3) is 0 Å². The van der Waals surface area contributed by atoms with Crippen LogP contribution in [0.3, 0.4) is 0 Å². The molecule has 1 N–H and O–H groups in total. The lowest BCUT2D eigenvalue weighted by molar-refractivity contribution is 0.0702. The summed E-state index contributed by atoms with van der Waals surface area (Å²) in [4.78, 5) is 13.1. The normalized spacial score (nSPS) is 10.1. The highest BCUT2D eigenvalue weighted by molar-refractivity contribution is 7.17. The van der Waals surface area contributed by atoms with E-state index in [9.17, 15) is 4.79 Å². The Morgan fingerprint density at radius 2 is 2.44 bits per heavy atom. The summed E-state index contributed by atoms with van der Waals surface area (Å²) in [6.45, 7) is 5.69. The van der Waals surface area contributed by atoms with Gasteiger partial charge in [-0.1, -0.05) is 6.08 Å². The van der Waals surface area contributed by atoms with Crippen molar-refractivity contribution in [3.8, 4) is 0 Å². The molecule has 0 radical (unpaired) electrons. The predicted molar refractivity (Wildman–Crippen MR) is 65.6 cm³/mol. The van der Waals surface area contributed by atoms with Gasteiger partial charge in [-0.2, -0.15) is 0 Å². The first-order chi connectivity index (χ1) is 7.69. The van der Waals surface area contributed by atoms with Gasteiger partial charge < -0.3 is 14.7 Å². The van der Waals surface area contributed by atoms with Crippen molar-refractivity contribution >= 4 is 22.3 Å². The summed E-state index contributed by atoms with van der Waals surface area (Å²) >= 11 is 1.26. The van der Waals surface area contributed by atoms with Crippen molar-refractivity contribution in [1.82, 2.24) is 0 Å². The van der Waals surface area contributed by atoms with Gasteiger partial charge in [-0.05, 0) is 12.1 Å². The number of hydrogen-bond donors (Lipinski definition) is 1. The van der Waals surface area contributed by atoms with Crippen LogP contribution in [0.4, 0.5) is 5.00 Å². The first-order valence-electron chi connectivity index (χ1n) is 4.87. The molecule has 0 unspecified atom stereocenters. The van der Waals surface area contributed by atoms with Crippen LogP contribution in [0.1, 0.15) is 9.67 Å². The fourth-order valence-corrected chi connectivity index (χ4v) is 2.14. The second-order valence-corrected chi connectivity index (χ2v) is 4.23. The number of nitrogens with zero attached hydrogens (tertiary/aromatic N) is 1. The fraction of sp³-hybridized carbons (Fsp3) is 0.364. The number of ether oxygens (including phenoxy) is 1. The van der Waals surface area contributed by atoms with Gasteiger partial charge in [0.05, 0.1) is 11.6 Å². The van der Waals surface area contributed by atoms with Gasteiger partial charge in [-0.15, -0.1) is 17.9 Å². The van der Waals surface area contributed by atoms with Crippen molar-refractivity contribution in [2.45, 2.75) is 0 Å². The molecule has 0 aliphatic rings. The van der Waals surface area contributed by atoms with E-state index in [4.69, 9.17) is 9.84 Å². The van der Waals surface area contributed by atoms with Gasteiger partial charge in [-0.25, -0.2) is 4.79 Å². The molecule has 0 fully saturated rings. The molecule has 0 saturated carbocycles. The van der Waals surface area contributed by atoms with Gasteiger partial charge in [-0.3, -0.25) is 0 Å². The average molecular weight is 241 g/mol. The van der Waals surface area contributed by atoms with Crippen LogP contribution in [-0.2, 0) is 4.74 Å². The number of rotatable bonds is 7. The van der Waals surface area contributed by atoms with E-state index in [2.05, 4.69) is 6.58 Å². The molecule has 0 aromatic carbocycles. The topological polar surface area (TPSA) is 49.8 Å². The molecule has 88 valence electrons. The van der Waals surface area contributed by atoms with Crippen LogP contribution in [-0.4, -0.2) is 37.9 Å². The summed E-state index contributed by atoms with van der Waals surface area (Å²) in [5.41, 5.74) is 0. The minimum absolute atomic E-state index is 0.349. The van der Waals surface area contributed by atoms with Crippen molar-refractivity contribution in [2.24, 2.45) is 0 Å². The molecule has 0 spiro atoms. The fourth-order valence-electron chi connectivity index (χ4n) is 1.26. The molecule has 0 saturated heterocycles. The number of carboxylic acid groups (broad SMARTS) is 1. The Kier molecular flexibility index (Phi) is 5.01. The summed E-state index contributed by atoms with van der Waals surface area (Å²) in [7, 11) is 1.64. The average Bonchev–Trinajstić information content (AvgIpc) is 2.73. The summed E-state index contributed by atoms with van der Waals surface area (Å²) in [6, 6.07) is 3.43. The third-order valence-electron chi connectivity index (χ3n) is 2.03. The number of aromatic carboxylic acids is 1. The minimum atomic E-state index is -0.887. The Morgan fingerprint density at radius 1 is 1.69 bits per heavy atom. The van der Waals surface area contributed by atoms with Crippen molar-refractivity contribution in [3.05, 3.63) is 29.7 Å². The van der Waals surface area contributed by atoms with Gasteiger partial charge in [0.2, 0.25) is 0 Å². The highest BCUT2D eigenvalue weighted by Gasteiger charge is 2.11. The molecule has 1 aromatic rings. The Bertz CT molecular complexity index is 362. The molecule has 0 aliphatic heterocycles. The number of methoxy groups -OCH3 is 1. The molecule has 0 aliphatic carbocycles. The van der Waals surface area contributed by atoms with Gasteiger partial charge in [0, 0.05) is 20.2 Å². The SMILES string of the molecule is C=CCN(CCOC)c1ccc(C(=O)O)s1. The van der Waals surface area contributed by atoms with Gasteiger partial charge in [0.15, 0.2) is 0 Å². The zero-order chi connectivity index (χ0) is 12.0. The summed E-state index contributed by atoms with van der Waals surface area (Å²) < 4.78 is 5.01. The van der Waals surface area contributed by atoms with E-state index in [0.29, 0.717) is 18.0 Å². The second kappa shape index (κ2) is 6.30. The molecule has 0 atom stereocenters. The quantitative estimate of drug-likeness (QED) is 0.743. The molecule has 1 heterocycles. The molecule has 1 aromatic heterocycles. The van der Waals surface area contributed by atoms with Crippen LogP contribution in [0.15, 0.2) is 24.8 Å². The van der Waals surface area contributed by atoms with Crippen molar-refractivity contribution in [3.63, 3.8) is 0 Å². The van der Waals surface area contributed by atoms with E-state index >= 15 is 0 Å². The first-order valence-corrected chi connectivity index (χ1v) is 5.68. The molecule has 5 heteroatoms. The second-order valence-electron chi connectivity index (χ2n) is 3.17. The van der Waals surface area contributed by atoms with Crippen molar-refractivity contribution in [2.75, 3.05) is 31.7 Å². The lowest BCUT2D eigenvalue weighted by Gasteiger charge is -2.20. The van der Waals surface area contributed by atoms with Crippen molar-refractivity contribution in [1.29, 1.82) is 0 Å². The third-order valence-corrected chi connectivity index (χ3v) is 3.16. The highest BCUT2D eigenvalue weighted by Crippen LogP contribution is 2.25. The van der Waals surface area contributed by atoms with Crippen molar-refractivity contribution < 1.29 is 14.6 Å². The molecule has 1 rings (SSSR count). The Morgan fingerprint density at radius 3 is 2.94 bits per heavy atom. The molecular weight excluding hydrogens is 226 g/mol. The number of hydrogen-bond acceptors (Lipinski definition) is 4. The maximum atomic E-state index is 10.8. The van der Waals surface area contributed by atoms with E-state index in [1.165, 1.54) is 11.3 Å². The number of anilines is 1. The maximum Gasteiger partial charge on any atom is 0.345 e. The predicted octanol–water partition coefficient (Wildman–Crippen LogP) is 2.09.